The molecule has 1 heterocycles. The molecule has 0 aliphatic carbocycles. The van der Waals surface area contributed by atoms with Crippen LogP contribution in [0.25, 0.3) is 0 Å². The molecule has 0 aliphatic heterocycles. The lowest BCUT2D eigenvalue weighted by Crippen LogP contribution is -2.29. The van der Waals surface area contributed by atoms with Crippen LogP contribution < -0.4 is 16.0 Å². The second kappa shape index (κ2) is 7.32. The molecule has 20 heavy (non-hydrogen) atoms. The number of furan rings is 1. The van der Waals surface area contributed by atoms with Crippen LogP contribution >= 0.6 is 0 Å². The van der Waals surface area contributed by atoms with Gasteiger partial charge >= 0.3 is 5.91 Å². The monoisotopic (exact) mass is 276 g/mol. The van der Waals surface area contributed by atoms with Crippen LogP contribution in [0.2, 0.25) is 0 Å². The number of carbonyl (C=O) groups excluding carboxylic acids is 1. The average molecular weight is 276 g/mol. The maximum absolute atomic E-state index is 11.2. The molecular weight excluding hydrogens is 260 g/mol. The van der Waals surface area contributed by atoms with Crippen molar-refractivity contribution in [1.82, 2.24) is 5.43 Å². The van der Waals surface area contributed by atoms with Crippen molar-refractivity contribution in [3.8, 4) is 5.75 Å². The Morgan fingerprint density at radius 1 is 1.15 bits per heavy atom. The van der Waals surface area contributed by atoms with Crippen LogP contribution in [0.4, 0.5) is 0 Å². The van der Waals surface area contributed by atoms with E-state index in [1.807, 2.05) is 35.8 Å². The van der Waals surface area contributed by atoms with E-state index in [-0.39, 0.29) is 12.4 Å². The minimum absolute atomic E-state index is 0.159. The highest BCUT2D eigenvalue weighted by Crippen LogP contribution is 2.10. The molecule has 1 amide bonds. The standard InChI is InChI=1S/C14H16N2O4/c15-16-14(17)13-7-6-12(20-13)10-18-8-9-19-11-4-2-1-3-5-11/h1-7H,8-10,15H2,(H,16,17). The Balaban J connectivity index is 1.66. The van der Waals surface area contributed by atoms with Crippen molar-refractivity contribution in [2.45, 2.75) is 6.61 Å². The number of rotatable bonds is 7. The first kappa shape index (κ1) is 14.1. The van der Waals surface area contributed by atoms with Crippen molar-refractivity contribution in [1.29, 1.82) is 0 Å². The lowest BCUT2D eigenvalue weighted by molar-refractivity contribution is 0.0757. The van der Waals surface area contributed by atoms with Crippen molar-refractivity contribution in [2.75, 3.05) is 13.2 Å². The Bertz CT molecular complexity index is 539. The van der Waals surface area contributed by atoms with Crippen molar-refractivity contribution in [3.63, 3.8) is 0 Å². The van der Waals surface area contributed by atoms with E-state index in [4.69, 9.17) is 19.7 Å². The summed E-state index contributed by atoms with van der Waals surface area (Å²) in [4.78, 5) is 11.2. The third-order valence-electron chi connectivity index (χ3n) is 2.50. The summed E-state index contributed by atoms with van der Waals surface area (Å²) in [7, 11) is 0. The first-order valence-electron chi connectivity index (χ1n) is 6.15. The van der Waals surface area contributed by atoms with Crippen LogP contribution in [0.3, 0.4) is 0 Å². The number of benzene rings is 1. The van der Waals surface area contributed by atoms with Gasteiger partial charge in [-0.2, -0.15) is 0 Å². The van der Waals surface area contributed by atoms with Crippen LogP contribution in [0, 0.1) is 0 Å². The predicted molar refractivity (Wildman–Crippen MR) is 72.0 cm³/mol. The van der Waals surface area contributed by atoms with Gasteiger partial charge < -0.3 is 13.9 Å². The average Bonchev–Trinajstić information content (AvgIpc) is 2.96. The highest BCUT2D eigenvalue weighted by Gasteiger charge is 2.09. The van der Waals surface area contributed by atoms with Crippen molar-refractivity contribution < 1.29 is 18.7 Å². The summed E-state index contributed by atoms with van der Waals surface area (Å²) in [6, 6.07) is 12.7. The van der Waals surface area contributed by atoms with Crippen LogP contribution in [0.5, 0.6) is 5.75 Å². The molecule has 1 aromatic carbocycles. The van der Waals surface area contributed by atoms with E-state index >= 15 is 0 Å². The summed E-state index contributed by atoms with van der Waals surface area (Å²) in [5.41, 5.74) is 2.00. The molecule has 0 radical (unpaired) electrons. The fourth-order valence-electron chi connectivity index (χ4n) is 1.56. The fourth-order valence-corrected chi connectivity index (χ4v) is 1.56. The number of carbonyl (C=O) groups is 1. The number of hydrogen-bond donors (Lipinski definition) is 2. The number of hydrogen-bond acceptors (Lipinski definition) is 5. The molecule has 0 bridgehead atoms. The summed E-state index contributed by atoms with van der Waals surface area (Å²) < 4.78 is 16.1. The molecular formula is C14H16N2O4. The Morgan fingerprint density at radius 3 is 2.70 bits per heavy atom. The maximum Gasteiger partial charge on any atom is 0.300 e. The molecule has 0 unspecified atom stereocenters. The van der Waals surface area contributed by atoms with Gasteiger partial charge in [-0.3, -0.25) is 10.2 Å². The van der Waals surface area contributed by atoms with Crippen LogP contribution in [0.1, 0.15) is 16.3 Å². The quantitative estimate of drug-likeness (QED) is 0.346. The van der Waals surface area contributed by atoms with Gasteiger partial charge in [-0.1, -0.05) is 18.2 Å². The minimum atomic E-state index is -0.469. The van der Waals surface area contributed by atoms with E-state index in [0.717, 1.165) is 5.75 Å². The fraction of sp³-hybridized carbons (Fsp3) is 0.214. The van der Waals surface area contributed by atoms with Crippen molar-refractivity contribution >= 4 is 5.91 Å². The van der Waals surface area contributed by atoms with Gasteiger partial charge in [0.15, 0.2) is 5.76 Å². The van der Waals surface area contributed by atoms with Gasteiger partial charge in [0, 0.05) is 0 Å². The summed E-state index contributed by atoms with van der Waals surface area (Å²) in [5, 5.41) is 0. The van der Waals surface area contributed by atoms with E-state index in [2.05, 4.69) is 0 Å². The number of ether oxygens (including phenoxy) is 2. The van der Waals surface area contributed by atoms with Gasteiger partial charge in [-0.15, -0.1) is 0 Å². The summed E-state index contributed by atoms with van der Waals surface area (Å²) in [6.45, 7) is 1.14. The Kier molecular flexibility index (Phi) is 5.16. The largest absolute Gasteiger partial charge is 0.491 e. The Morgan fingerprint density at radius 2 is 1.95 bits per heavy atom. The molecule has 0 aliphatic rings. The lowest BCUT2D eigenvalue weighted by Gasteiger charge is -2.05. The molecule has 0 atom stereocenters. The first-order valence-corrected chi connectivity index (χ1v) is 6.15. The third-order valence-corrected chi connectivity index (χ3v) is 2.50. The SMILES string of the molecule is NNC(=O)c1ccc(COCCOc2ccccc2)o1. The number of hydrazine groups is 1. The number of amides is 1. The molecule has 2 rings (SSSR count). The van der Waals surface area contributed by atoms with Crippen LogP contribution in [0.15, 0.2) is 46.9 Å². The number of nitrogens with one attached hydrogen (secondary N) is 1. The zero-order chi connectivity index (χ0) is 14.2. The molecule has 0 spiro atoms. The van der Waals surface area contributed by atoms with Gasteiger partial charge in [-0.05, 0) is 24.3 Å². The highest BCUT2D eigenvalue weighted by molar-refractivity contribution is 5.90. The number of nitrogen functional groups attached to an aromatic ring is 1. The van der Waals surface area contributed by atoms with E-state index < -0.39 is 5.91 Å². The zero-order valence-electron chi connectivity index (χ0n) is 10.9. The number of para-hydroxylation sites is 1. The molecule has 6 nitrogen and oxygen atoms in total. The van der Waals surface area contributed by atoms with Crippen LogP contribution in [-0.2, 0) is 11.3 Å². The second-order valence-electron chi connectivity index (χ2n) is 3.95. The van der Waals surface area contributed by atoms with E-state index in [1.165, 1.54) is 0 Å². The van der Waals surface area contributed by atoms with Gasteiger partial charge in [0.1, 0.15) is 24.7 Å². The zero-order valence-corrected chi connectivity index (χ0v) is 10.9. The molecule has 106 valence electrons. The molecule has 2 aromatic rings. The van der Waals surface area contributed by atoms with E-state index in [9.17, 15) is 4.79 Å². The van der Waals surface area contributed by atoms with E-state index in [0.29, 0.717) is 19.0 Å². The number of nitrogens with two attached hydrogens (primary N) is 1. The Hall–Kier alpha value is -2.31. The van der Waals surface area contributed by atoms with Crippen molar-refractivity contribution in [3.05, 3.63) is 54.0 Å². The maximum atomic E-state index is 11.2. The molecule has 3 N–H and O–H groups in total. The van der Waals surface area contributed by atoms with Gasteiger partial charge in [0.25, 0.3) is 0 Å². The molecule has 0 saturated carbocycles. The first-order chi connectivity index (χ1) is 9.79. The summed E-state index contributed by atoms with van der Waals surface area (Å²) >= 11 is 0. The van der Waals surface area contributed by atoms with Crippen molar-refractivity contribution in [2.24, 2.45) is 5.84 Å². The predicted octanol–water partition coefficient (Wildman–Crippen LogP) is 1.48. The Labute approximate surface area is 116 Å². The van der Waals surface area contributed by atoms with Gasteiger partial charge in [-0.25, -0.2) is 5.84 Å². The molecule has 6 heteroatoms. The van der Waals surface area contributed by atoms with Gasteiger partial charge in [0.2, 0.25) is 0 Å². The lowest BCUT2D eigenvalue weighted by atomic mass is 10.3. The van der Waals surface area contributed by atoms with Gasteiger partial charge in [0.05, 0.1) is 6.61 Å². The molecule has 0 fully saturated rings. The summed E-state index contributed by atoms with van der Waals surface area (Å²) in [6.07, 6.45) is 0. The third kappa shape index (κ3) is 4.11. The molecule has 1 aromatic heterocycles. The van der Waals surface area contributed by atoms with E-state index in [1.54, 1.807) is 12.1 Å². The topological polar surface area (TPSA) is 86.7 Å². The van der Waals surface area contributed by atoms with Crippen LogP contribution in [-0.4, -0.2) is 19.1 Å². The normalized spacial score (nSPS) is 10.2. The minimum Gasteiger partial charge on any atom is -0.491 e. The summed E-state index contributed by atoms with van der Waals surface area (Å²) in [5.74, 6) is 6.05. The molecule has 0 saturated heterocycles. The highest BCUT2D eigenvalue weighted by atomic mass is 16.5. The second-order valence-corrected chi connectivity index (χ2v) is 3.95. The smallest absolute Gasteiger partial charge is 0.300 e.